The normalized spacial score (nSPS) is 17.0. The van der Waals surface area contributed by atoms with E-state index >= 15 is 0 Å². The molecule has 5 heteroatoms. The van der Waals surface area contributed by atoms with Crippen molar-refractivity contribution in [1.82, 2.24) is 0 Å². The van der Waals surface area contributed by atoms with E-state index < -0.39 is 0 Å². The molecule has 0 spiro atoms. The van der Waals surface area contributed by atoms with Crippen LogP contribution >= 0.6 is 0 Å². The number of ether oxygens (including phenoxy) is 5. The fraction of sp³-hybridized carbons (Fsp3) is 1.00. The van der Waals surface area contributed by atoms with Crippen LogP contribution in [-0.2, 0) is 23.7 Å². The first-order chi connectivity index (χ1) is 11.0. The SMILES string of the molecule is CCCOCC(C)OCC(C)OC(C)COC(C)COCCC. The molecule has 0 amide bonds. The standard InChI is InChI=1S/C18H38O5/c1-7-9-19-11-15(3)21-13-17(5)23-18(6)14-22-16(4)12-20-10-8-2/h15-18H,7-14H2,1-6H3. The van der Waals surface area contributed by atoms with Crippen LogP contribution in [0.4, 0.5) is 0 Å². The second-order valence-electron chi connectivity index (χ2n) is 6.20. The van der Waals surface area contributed by atoms with E-state index in [1.807, 2.05) is 27.7 Å². The van der Waals surface area contributed by atoms with Crippen LogP contribution in [0.15, 0.2) is 0 Å². The van der Waals surface area contributed by atoms with Crippen molar-refractivity contribution in [1.29, 1.82) is 0 Å². The van der Waals surface area contributed by atoms with Gasteiger partial charge >= 0.3 is 0 Å². The van der Waals surface area contributed by atoms with E-state index in [-0.39, 0.29) is 24.4 Å². The molecule has 4 unspecified atom stereocenters. The van der Waals surface area contributed by atoms with E-state index in [4.69, 9.17) is 23.7 Å². The summed E-state index contributed by atoms with van der Waals surface area (Å²) in [7, 11) is 0. The zero-order valence-corrected chi connectivity index (χ0v) is 16.0. The molecular formula is C18H38O5. The molecule has 0 aliphatic heterocycles. The zero-order chi connectivity index (χ0) is 17.5. The lowest BCUT2D eigenvalue weighted by Gasteiger charge is -2.22. The van der Waals surface area contributed by atoms with Gasteiger partial charge in [0.15, 0.2) is 0 Å². The molecule has 0 saturated heterocycles. The van der Waals surface area contributed by atoms with Gasteiger partial charge in [0.1, 0.15) is 0 Å². The van der Waals surface area contributed by atoms with Crippen LogP contribution in [0.3, 0.4) is 0 Å². The zero-order valence-electron chi connectivity index (χ0n) is 16.0. The van der Waals surface area contributed by atoms with E-state index in [0.29, 0.717) is 26.4 Å². The van der Waals surface area contributed by atoms with Crippen molar-refractivity contribution in [2.24, 2.45) is 0 Å². The summed E-state index contributed by atoms with van der Waals surface area (Å²) in [5.41, 5.74) is 0. The van der Waals surface area contributed by atoms with Gasteiger partial charge in [-0.05, 0) is 40.5 Å². The fourth-order valence-electron chi connectivity index (χ4n) is 1.96. The molecule has 0 aromatic rings. The Balaban J connectivity index is 3.65. The molecule has 0 aliphatic carbocycles. The summed E-state index contributed by atoms with van der Waals surface area (Å²) in [4.78, 5) is 0. The molecule has 0 radical (unpaired) electrons. The predicted octanol–water partition coefficient (Wildman–Crippen LogP) is 3.44. The smallest absolute Gasteiger partial charge is 0.0785 e. The molecule has 5 nitrogen and oxygen atoms in total. The fourth-order valence-corrected chi connectivity index (χ4v) is 1.96. The Kier molecular flexibility index (Phi) is 15.2. The molecule has 0 aromatic heterocycles. The van der Waals surface area contributed by atoms with Crippen LogP contribution in [0.2, 0.25) is 0 Å². The maximum absolute atomic E-state index is 5.87. The van der Waals surface area contributed by atoms with Crippen molar-refractivity contribution in [3.8, 4) is 0 Å². The van der Waals surface area contributed by atoms with Crippen LogP contribution in [0, 0.1) is 0 Å². The Morgan fingerprint density at radius 3 is 1.30 bits per heavy atom. The van der Waals surface area contributed by atoms with Crippen molar-refractivity contribution >= 4 is 0 Å². The molecule has 0 rings (SSSR count). The third-order valence-corrected chi connectivity index (χ3v) is 3.10. The Bertz CT molecular complexity index is 226. The van der Waals surface area contributed by atoms with Gasteiger partial charge in [0.25, 0.3) is 0 Å². The molecule has 23 heavy (non-hydrogen) atoms. The quantitative estimate of drug-likeness (QED) is 0.405. The number of rotatable bonds is 16. The molecular weight excluding hydrogens is 296 g/mol. The van der Waals surface area contributed by atoms with Gasteiger partial charge in [0, 0.05) is 13.2 Å². The van der Waals surface area contributed by atoms with Gasteiger partial charge in [-0.3, -0.25) is 0 Å². The van der Waals surface area contributed by atoms with Crippen LogP contribution in [0.25, 0.3) is 0 Å². The molecule has 0 aromatic carbocycles. The van der Waals surface area contributed by atoms with Crippen LogP contribution in [0.1, 0.15) is 54.4 Å². The van der Waals surface area contributed by atoms with E-state index in [9.17, 15) is 0 Å². The summed E-state index contributed by atoms with van der Waals surface area (Å²) in [5.74, 6) is 0. The minimum absolute atomic E-state index is 0.0360. The van der Waals surface area contributed by atoms with Crippen molar-refractivity contribution in [3.05, 3.63) is 0 Å². The van der Waals surface area contributed by atoms with Gasteiger partial charge in [0.2, 0.25) is 0 Å². The molecule has 0 bridgehead atoms. The lowest BCUT2D eigenvalue weighted by molar-refractivity contribution is -0.104. The van der Waals surface area contributed by atoms with Crippen molar-refractivity contribution in [2.75, 3.05) is 39.6 Å². The first-order valence-corrected chi connectivity index (χ1v) is 9.03. The minimum Gasteiger partial charge on any atom is -0.379 e. The first-order valence-electron chi connectivity index (χ1n) is 9.03. The van der Waals surface area contributed by atoms with E-state index in [0.717, 1.165) is 26.1 Å². The maximum Gasteiger partial charge on any atom is 0.0785 e. The maximum atomic E-state index is 5.87. The molecule has 0 heterocycles. The average Bonchev–Trinajstić information content (AvgIpc) is 2.51. The molecule has 4 atom stereocenters. The summed E-state index contributed by atoms with van der Waals surface area (Å²) < 4.78 is 28.3. The average molecular weight is 334 g/mol. The Labute approximate surface area is 143 Å². The third-order valence-electron chi connectivity index (χ3n) is 3.10. The van der Waals surface area contributed by atoms with Crippen LogP contribution < -0.4 is 0 Å². The Morgan fingerprint density at radius 2 is 0.957 bits per heavy atom. The lowest BCUT2D eigenvalue weighted by Crippen LogP contribution is -2.29. The minimum atomic E-state index is 0.0360. The molecule has 0 aliphatic rings. The number of hydrogen-bond acceptors (Lipinski definition) is 5. The van der Waals surface area contributed by atoms with E-state index in [1.54, 1.807) is 0 Å². The van der Waals surface area contributed by atoms with Gasteiger partial charge in [-0.2, -0.15) is 0 Å². The molecule has 0 N–H and O–H groups in total. The topological polar surface area (TPSA) is 46.2 Å². The summed E-state index contributed by atoms with van der Waals surface area (Å²) >= 11 is 0. The summed E-state index contributed by atoms with van der Waals surface area (Å²) in [6.45, 7) is 16.2. The van der Waals surface area contributed by atoms with Gasteiger partial charge in [0.05, 0.1) is 50.8 Å². The second-order valence-corrected chi connectivity index (χ2v) is 6.20. The monoisotopic (exact) mass is 334 g/mol. The lowest BCUT2D eigenvalue weighted by atomic mass is 10.3. The molecule has 140 valence electrons. The highest BCUT2D eigenvalue weighted by Gasteiger charge is 2.13. The first kappa shape index (κ1) is 22.8. The summed E-state index contributed by atoms with van der Waals surface area (Å²) in [6.07, 6.45) is 2.32. The van der Waals surface area contributed by atoms with E-state index in [2.05, 4.69) is 13.8 Å². The Morgan fingerprint density at radius 1 is 0.565 bits per heavy atom. The highest BCUT2D eigenvalue weighted by Crippen LogP contribution is 2.04. The predicted molar refractivity (Wildman–Crippen MR) is 93.1 cm³/mol. The third kappa shape index (κ3) is 15.1. The number of hydrogen-bond donors (Lipinski definition) is 0. The van der Waals surface area contributed by atoms with Gasteiger partial charge in [-0.15, -0.1) is 0 Å². The van der Waals surface area contributed by atoms with Crippen molar-refractivity contribution in [2.45, 2.75) is 78.8 Å². The van der Waals surface area contributed by atoms with Gasteiger partial charge in [-0.1, -0.05) is 13.8 Å². The van der Waals surface area contributed by atoms with Gasteiger partial charge < -0.3 is 23.7 Å². The van der Waals surface area contributed by atoms with Gasteiger partial charge in [-0.25, -0.2) is 0 Å². The Hall–Kier alpha value is -0.200. The second kappa shape index (κ2) is 15.3. The summed E-state index contributed by atoms with van der Waals surface area (Å²) in [6, 6.07) is 0. The largest absolute Gasteiger partial charge is 0.379 e. The van der Waals surface area contributed by atoms with Crippen LogP contribution in [0.5, 0.6) is 0 Å². The van der Waals surface area contributed by atoms with Crippen molar-refractivity contribution < 1.29 is 23.7 Å². The highest BCUT2D eigenvalue weighted by molar-refractivity contribution is 4.58. The molecule has 0 fully saturated rings. The molecule has 0 saturated carbocycles. The highest BCUT2D eigenvalue weighted by atomic mass is 16.6. The summed E-state index contributed by atoms with van der Waals surface area (Å²) in [5, 5.41) is 0. The van der Waals surface area contributed by atoms with Crippen LogP contribution in [-0.4, -0.2) is 64.1 Å². The van der Waals surface area contributed by atoms with E-state index in [1.165, 1.54) is 0 Å². The van der Waals surface area contributed by atoms with Crippen molar-refractivity contribution in [3.63, 3.8) is 0 Å².